The fraction of sp³-hybridized carbons (Fsp3) is 0.429. The molecule has 4 aromatic rings. The summed E-state index contributed by atoms with van der Waals surface area (Å²) >= 11 is 0. The molecular weight excluding hydrogens is 645 g/mol. The summed E-state index contributed by atoms with van der Waals surface area (Å²) in [6.45, 7) is 10.0. The normalized spacial score (nSPS) is 19.9. The smallest absolute Gasteiger partial charge is 0.261 e. The van der Waals surface area contributed by atoms with E-state index >= 15 is 0 Å². The van der Waals surface area contributed by atoms with E-state index in [1.165, 1.54) is 0 Å². The molecule has 1 fully saturated rings. The van der Waals surface area contributed by atoms with Crippen LogP contribution in [0, 0.1) is 5.92 Å². The summed E-state index contributed by atoms with van der Waals surface area (Å²) < 4.78 is 31.8. The van der Waals surface area contributed by atoms with E-state index in [2.05, 4.69) is 88.4 Å². The van der Waals surface area contributed by atoms with Crippen molar-refractivity contribution in [3.8, 4) is 5.75 Å². The Kier molecular flexibility index (Phi) is 13.4. The molecule has 0 saturated carbocycles. The molecular formula is C42H54O7Si. The SMILES string of the molecule is COc1ccc(CO[C@@H]2C[C@@H]([C@@H](O)[C@H](O[Si](c3ccccc3)(c3ccccc3)C(C)(C)C)C(C)CCOCc3ccccc3)O[C@@H]2CO)cc1. The maximum atomic E-state index is 12.4. The Morgan fingerprint density at radius 1 is 0.800 bits per heavy atom. The summed E-state index contributed by atoms with van der Waals surface area (Å²) in [4.78, 5) is 0. The van der Waals surface area contributed by atoms with E-state index in [0.717, 1.165) is 27.2 Å². The first-order valence-corrected chi connectivity index (χ1v) is 19.7. The van der Waals surface area contributed by atoms with Crippen LogP contribution >= 0.6 is 0 Å². The van der Waals surface area contributed by atoms with Crippen LogP contribution in [-0.4, -0.2) is 69.4 Å². The molecule has 1 aliphatic rings. The Bertz CT molecular complexity index is 1510. The van der Waals surface area contributed by atoms with Gasteiger partial charge in [-0.1, -0.05) is 131 Å². The quantitative estimate of drug-likeness (QED) is 0.0993. The van der Waals surface area contributed by atoms with Crippen molar-refractivity contribution < 1.29 is 33.6 Å². The van der Waals surface area contributed by atoms with E-state index in [0.29, 0.717) is 32.7 Å². The Morgan fingerprint density at radius 2 is 1.36 bits per heavy atom. The summed E-state index contributed by atoms with van der Waals surface area (Å²) in [7, 11) is -1.40. The molecule has 1 aliphatic heterocycles. The predicted molar refractivity (Wildman–Crippen MR) is 200 cm³/mol. The molecule has 6 atom stereocenters. The molecule has 268 valence electrons. The number of rotatable bonds is 17. The summed E-state index contributed by atoms with van der Waals surface area (Å²) in [5.41, 5.74) is 2.11. The van der Waals surface area contributed by atoms with Crippen LogP contribution in [0.25, 0.3) is 0 Å². The second-order valence-corrected chi connectivity index (χ2v) is 18.6. The predicted octanol–water partition coefficient (Wildman–Crippen LogP) is 6.28. The highest BCUT2D eigenvalue weighted by atomic mass is 28.4. The number of methoxy groups -OCH3 is 1. The Balaban J connectivity index is 1.42. The van der Waals surface area contributed by atoms with Crippen molar-refractivity contribution in [1.82, 2.24) is 0 Å². The van der Waals surface area contributed by atoms with Crippen LogP contribution < -0.4 is 15.1 Å². The van der Waals surface area contributed by atoms with Crippen LogP contribution in [0.15, 0.2) is 115 Å². The average Bonchev–Trinajstić information content (AvgIpc) is 3.57. The van der Waals surface area contributed by atoms with Gasteiger partial charge in [0, 0.05) is 13.0 Å². The monoisotopic (exact) mass is 698 g/mol. The van der Waals surface area contributed by atoms with Crippen LogP contribution in [-0.2, 0) is 31.9 Å². The number of benzene rings is 4. The number of aliphatic hydroxyl groups excluding tert-OH is 2. The Hall–Kier alpha value is -3.34. The minimum Gasteiger partial charge on any atom is -0.497 e. The van der Waals surface area contributed by atoms with Gasteiger partial charge in [-0.2, -0.15) is 0 Å². The molecule has 2 N–H and O–H groups in total. The van der Waals surface area contributed by atoms with Gasteiger partial charge in [0.15, 0.2) is 0 Å². The number of aliphatic hydroxyl groups is 2. The molecule has 0 spiro atoms. The van der Waals surface area contributed by atoms with Gasteiger partial charge in [0.2, 0.25) is 0 Å². The molecule has 0 radical (unpaired) electrons. The van der Waals surface area contributed by atoms with Gasteiger partial charge in [-0.05, 0) is 51.0 Å². The largest absolute Gasteiger partial charge is 0.497 e. The zero-order valence-corrected chi connectivity index (χ0v) is 31.1. The van der Waals surface area contributed by atoms with Crippen molar-refractivity contribution in [2.45, 2.75) is 89.3 Å². The number of hydrogen-bond acceptors (Lipinski definition) is 7. The third-order valence-corrected chi connectivity index (χ3v) is 14.9. The molecule has 5 rings (SSSR count). The zero-order valence-electron chi connectivity index (χ0n) is 30.1. The van der Waals surface area contributed by atoms with Crippen molar-refractivity contribution in [1.29, 1.82) is 0 Å². The lowest BCUT2D eigenvalue weighted by molar-refractivity contribution is -0.109. The third kappa shape index (κ3) is 9.11. The fourth-order valence-electron chi connectivity index (χ4n) is 7.06. The van der Waals surface area contributed by atoms with E-state index in [4.69, 9.17) is 23.4 Å². The second kappa shape index (κ2) is 17.7. The van der Waals surface area contributed by atoms with E-state index in [-0.39, 0.29) is 23.7 Å². The maximum absolute atomic E-state index is 12.4. The minimum absolute atomic E-state index is 0.0853. The lowest BCUT2D eigenvalue weighted by Gasteiger charge is -2.47. The van der Waals surface area contributed by atoms with Gasteiger partial charge in [-0.3, -0.25) is 0 Å². The van der Waals surface area contributed by atoms with Crippen LogP contribution in [0.1, 0.15) is 51.7 Å². The summed E-state index contributed by atoms with van der Waals surface area (Å²) in [5.74, 6) is 0.693. The first kappa shape index (κ1) is 37.9. The van der Waals surface area contributed by atoms with Crippen molar-refractivity contribution in [2.75, 3.05) is 20.3 Å². The van der Waals surface area contributed by atoms with E-state index in [9.17, 15) is 10.2 Å². The van der Waals surface area contributed by atoms with Crippen molar-refractivity contribution in [3.05, 3.63) is 126 Å². The first-order valence-electron chi connectivity index (χ1n) is 17.8. The van der Waals surface area contributed by atoms with Gasteiger partial charge in [0.05, 0.1) is 45.2 Å². The fourth-order valence-corrected chi connectivity index (χ4v) is 11.9. The van der Waals surface area contributed by atoms with Gasteiger partial charge < -0.3 is 33.6 Å². The molecule has 8 heteroatoms. The highest BCUT2D eigenvalue weighted by Gasteiger charge is 2.54. The van der Waals surface area contributed by atoms with Gasteiger partial charge in [-0.15, -0.1) is 0 Å². The van der Waals surface area contributed by atoms with Gasteiger partial charge in [0.25, 0.3) is 8.32 Å². The molecule has 50 heavy (non-hydrogen) atoms. The zero-order chi connectivity index (χ0) is 35.6. The summed E-state index contributed by atoms with van der Waals surface area (Å²) in [5, 5.41) is 24.7. The average molecular weight is 699 g/mol. The van der Waals surface area contributed by atoms with Gasteiger partial charge >= 0.3 is 0 Å². The molecule has 1 heterocycles. The molecule has 0 bridgehead atoms. The third-order valence-electron chi connectivity index (χ3n) is 9.87. The molecule has 1 saturated heterocycles. The molecule has 0 amide bonds. The summed E-state index contributed by atoms with van der Waals surface area (Å²) in [6.07, 6.45) is -2.01. The second-order valence-electron chi connectivity index (χ2n) is 14.4. The van der Waals surface area contributed by atoms with Gasteiger partial charge in [0.1, 0.15) is 18.0 Å². The van der Waals surface area contributed by atoms with Gasteiger partial charge in [-0.25, -0.2) is 0 Å². The van der Waals surface area contributed by atoms with Crippen LogP contribution in [0.3, 0.4) is 0 Å². The van der Waals surface area contributed by atoms with Crippen LogP contribution in [0.5, 0.6) is 5.75 Å². The molecule has 0 aliphatic carbocycles. The maximum Gasteiger partial charge on any atom is 0.261 e. The first-order chi connectivity index (χ1) is 24.2. The lowest BCUT2D eigenvalue weighted by Crippen LogP contribution is -2.69. The van der Waals surface area contributed by atoms with E-state index < -0.39 is 32.7 Å². The van der Waals surface area contributed by atoms with E-state index in [1.54, 1.807) is 7.11 Å². The topological polar surface area (TPSA) is 86.6 Å². The van der Waals surface area contributed by atoms with Crippen LogP contribution in [0.4, 0.5) is 0 Å². The Morgan fingerprint density at radius 3 is 1.90 bits per heavy atom. The van der Waals surface area contributed by atoms with Crippen LogP contribution in [0.2, 0.25) is 5.04 Å². The molecule has 0 aromatic heterocycles. The number of ether oxygens (including phenoxy) is 4. The standard InChI is InChI=1S/C42H54O7Si/c1-31(25-26-46-29-32-15-9-6-10-16-32)41(49-50(42(2,3)4,35-17-11-7-12-18-35)36-19-13-8-14-20-36)40(44)38-27-37(39(28-43)48-38)47-30-33-21-23-34(45-5)24-22-33/h6-24,31,37-41,43-44H,25-30H2,1-5H3/t31?,37-,38+,39-,40-,41-/m1/s1. The Labute approximate surface area is 299 Å². The van der Waals surface area contributed by atoms with Crippen molar-refractivity contribution in [2.24, 2.45) is 5.92 Å². The molecule has 7 nitrogen and oxygen atoms in total. The van der Waals surface area contributed by atoms with Crippen molar-refractivity contribution >= 4 is 18.7 Å². The van der Waals surface area contributed by atoms with E-state index in [1.807, 2.05) is 54.6 Å². The highest BCUT2D eigenvalue weighted by molar-refractivity contribution is 6.99. The molecule has 4 aromatic carbocycles. The van der Waals surface area contributed by atoms with Crippen molar-refractivity contribution in [3.63, 3.8) is 0 Å². The summed E-state index contributed by atoms with van der Waals surface area (Å²) in [6, 6.07) is 38.9. The minimum atomic E-state index is -3.05. The number of hydrogen-bond donors (Lipinski definition) is 2. The lowest BCUT2D eigenvalue weighted by atomic mass is 9.92. The highest BCUT2D eigenvalue weighted by Crippen LogP contribution is 2.40. The molecule has 1 unspecified atom stereocenters.